The zero-order valence-electron chi connectivity index (χ0n) is 16.4. The molecule has 1 aliphatic heterocycles. The number of nitrogens with zero attached hydrogens (tertiary/aromatic N) is 2. The number of anilines is 1. The number of ether oxygens (including phenoxy) is 1. The van der Waals surface area contributed by atoms with Gasteiger partial charge in [0.25, 0.3) is 0 Å². The summed E-state index contributed by atoms with van der Waals surface area (Å²) in [5.41, 5.74) is 0.799. The number of para-hydroxylation sites is 2. The fourth-order valence-electron chi connectivity index (χ4n) is 4.09. The number of carbonyl (C=O) groups excluding carboxylic acids is 2. The first-order valence-corrected chi connectivity index (χ1v) is 9.99. The van der Waals surface area contributed by atoms with E-state index in [9.17, 15) is 9.59 Å². The van der Waals surface area contributed by atoms with Gasteiger partial charge in [-0.15, -0.1) is 0 Å². The molecule has 0 aromatic heterocycles. The Morgan fingerprint density at radius 3 is 2.63 bits per heavy atom. The SMILES string of the molecule is CN(C)CC1CCC(NC(=O)CCC(=O)N2CCOc3ccccc32)CC1. The summed E-state index contributed by atoms with van der Waals surface area (Å²) in [6, 6.07) is 7.81. The molecule has 6 nitrogen and oxygen atoms in total. The monoisotopic (exact) mass is 373 g/mol. The van der Waals surface area contributed by atoms with Gasteiger partial charge in [0.05, 0.1) is 12.2 Å². The second-order valence-electron chi connectivity index (χ2n) is 7.91. The van der Waals surface area contributed by atoms with Crippen molar-refractivity contribution in [1.82, 2.24) is 10.2 Å². The number of hydrogen-bond acceptors (Lipinski definition) is 4. The van der Waals surface area contributed by atoms with Crippen molar-refractivity contribution in [3.05, 3.63) is 24.3 Å². The van der Waals surface area contributed by atoms with Gasteiger partial charge < -0.3 is 19.9 Å². The number of benzene rings is 1. The van der Waals surface area contributed by atoms with Crippen LogP contribution < -0.4 is 15.0 Å². The molecule has 1 N–H and O–H groups in total. The van der Waals surface area contributed by atoms with Crippen LogP contribution in [0.1, 0.15) is 38.5 Å². The largest absolute Gasteiger partial charge is 0.490 e. The molecule has 1 heterocycles. The van der Waals surface area contributed by atoms with E-state index >= 15 is 0 Å². The van der Waals surface area contributed by atoms with E-state index in [0.29, 0.717) is 13.2 Å². The standard InChI is InChI=1S/C21H31N3O3/c1-23(2)15-16-7-9-17(10-8-16)22-20(25)11-12-21(26)24-13-14-27-19-6-4-3-5-18(19)24/h3-6,16-17H,7-15H2,1-2H3,(H,22,25). The van der Waals surface area contributed by atoms with E-state index in [1.165, 1.54) is 0 Å². The summed E-state index contributed by atoms with van der Waals surface area (Å²) in [6.07, 6.45) is 4.87. The summed E-state index contributed by atoms with van der Waals surface area (Å²) < 4.78 is 5.59. The molecule has 1 fully saturated rings. The van der Waals surface area contributed by atoms with Crippen molar-refractivity contribution in [2.45, 2.75) is 44.6 Å². The average molecular weight is 373 g/mol. The topological polar surface area (TPSA) is 61.9 Å². The van der Waals surface area contributed by atoms with Gasteiger partial charge >= 0.3 is 0 Å². The van der Waals surface area contributed by atoms with Crippen molar-refractivity contribution in [3.8, 4) is 5.75 Å². The normalized spacial score (nSPS) is 22.1. The van der Waals surface area contributed by atoms with E-state index < -0.39 is 0 Å². The average Bonchev–Trinajstić information content (AvgIpc) is 2.67. The Kier molecular flexibility index (Phi) is 6.72. The summed E-state index contributed by atoms with van der Waals surface area (Å²) in [5, 5.41) is 3.12. The van der Waals surface area contributed by atoms with Crippen LogP contribution in [0.2, 0.25) is 0 Å². The molecule has 0 atom stereocenters. The van der Waals surface area contributed by atoms with E-state index in [4.69, 9.17) is 4.74 Å². The number of nitrogens with one attached hydrogen (secondary N) is 1. The predicted octanol–water partition coefficient (Wildman–Crippen LogP) is 2.43. The molecule has 1 aromatic rings. The molecule has 0 radical (unpaired) electrons. The number of hydrogen-bond donors (Lipinski definition) is 1. The third-order valence-electron chi connectivity index (χ3n) is 5.43. The van der Waals surface area contributed by atoms with Crippen molar-refractivity contribution in [2.75, 3.05) is 38.7 Å². The van der Waals surface area contributed by atoms with Crippen LogP contribution in [0.5, 0.6) is 5.75 Å². The Bertz CT molecular complexity index is 654. The van der Waals surface area contributed by atoms with Crippen molar-refractivity contribution in [2.24, 2.45) is 5.92 Å². The second kappa shape index (κ2) is 9.22. The van der Waals surface area contributed by atoms with Gasteiger partial charge in [-0.2, -0.15) is 0 Å². The molecular formula is C21H31N3O3. The van der Waals surface area contributed by atoms with Gasteiger partial charge in [-0.3, -0.25) is 9.59 Å². The summed E-state index contributed by atoms with van der Waals surface area (Å²) in [4.78, 5) is 28.8. The molecule has 2 aliphatic rings. The van der Waals surface area contributed by atoms with Gasteiger partial charge in [0, 0.05) is 25.4 Å². The van der Waals surface area contributed by atoms with Crippen molar-refractivity contribution >= 4 is 17.5 Å². The fraction of sp³-hybridized carbons (Fsp3) is 0.619. The molecule has 0 bridgehead atoms. The van der Waals surface area contributed by atoms with E-state index in [1.807, 2.05) is 24.3 Å². The van der Waals surface area contributed by atoms with Gasteiger partial charge in [0.15, 0.2) is 0 Å². The first-order valence-electron chi connectivity index (χ1n) is 9.99. The highest BCUT2D eigenvalue weighted by atomic mass is 16.5. The third kappa shape index (κ3) is 5.45. The van der Waals surface area contributed by atoms with E-state index in [0.717, 1.165) is 49.6 Å². The molecule has 6 heteroatoms. The third-order valence-corrected chi connectivity index (χ3v) is 5.43. The van der Waals surface area contributed by atoms with Gasteiger partial charge in [-0.05, 0) is 57.8 Å². The highest BCUT2D eigenvalue weighted by molar-refractivity contribution is 5.97. The van der Waals surface area contributed by atoms with Gasteiger partial charge in [-0.25, -0.2) is 0 Å². The molecule has 1 aromatic carbocycles. The molecule has 0 spiro atoms. The van der Waals surface area contributed by atoms with Gasteiger partial charge in [0.1, 0.15) is 12.4 Å². The first kappa shape index (κ1) is 19.7. The number of fused-ring (bicyclic) bond motifs is 1. The van der Waals surface area contributed by atoms with Crippen LogP contribution in [0.15, 0.2) is 24.3 Å². The minimum absolute atomic E-state index is 0.0130. The minimum atomic E-state index is -0.0180. The van der Waals surface area contributed by atoms with Gasteiger partial charge in [-0.1, -0.05) is 12.1 Å². The Labute approximate surface area is 161 Å². The lowest BCUT2D eigenvalue weighted by Gasteiger charge is -2.31. The molecule has 148 valence electrons. The van der Waals surface area contributed by atoms with Crippen LogP contribution in [-0.2, 0) is 9.59 Å². The molecule has 3 rings (SSSR count). The van der Waals surface area contributed by atoms with E-state index in [1.54, 1.807) is 4.90 Å². The molecule has 1 saturated carbocycles. The van der Waals surface area contributed by atoms with Crippen molar-refractivity contribution < 1.29 is 14.3 Å². The van der Waals surface area contributed by atoms with Crippen LogP contribution >= 0.6 is 0 Å². The highest BCUT2D eigenvalue weighted by Crippen LogP contribution is 2.31. The molecule has 2 amide bonds. The maximum Gasteiger partial charge on any atom is 0.227 e. The van der Waals surface area contributed by atoms with Gasteiger partial charge in [0.2, 0.25) is 11.8 Å². The fourth-order valence-corrected chi connectivity index (χ4v) is 4.09. The van der Waals surface area contributed by atoms with E-state index in [-0.39, 0.29) is 30.7 Å². The quantitative estimate of drug-likeness (QED) is 0.832. The minimum Gasteiger partial charge on any atom is -0.490 e. The first-order chi connectivity index (χ1) is 13.0. The summed E-state index contributed by atoms with van der Waals surface area (Å²) in [6.45, 7) is 2.15. The van der Waals surface area contributed by atoms with Crippen molar-refractivity contribution in [1.29, 1.82) is 0 Å². The Morgan fingerprint density at radius 2 is 1.89 bits per heavy atom. The van der Waals surface area contributed by atoms with Crippen LogP contribution in [-0.4, -0.2) is 56.5 Å². The second-order valence-corrected chi connectivity index (χ2v) is 7.91. The Balaban J connectivity index is 1.42. The lowest BCUT2D eigenvalue weighted by atomic mass is 9.85. The summed E-state index contributed by atoms with van der Waals surface area (Å²) >= 11 is 0. The maximum atomic E-state index is 12.6. The zero-order valence-corrected chi connectivity index (χ0v) is 16.4. The summed E-state index contributed by atoms with van der Waals surface area (Å²) in [7, 11) is 4.22. The lowest BCUT2D eigenvalue weighted by molar-refractivity contribution is -0.126. The maximum absolute atomic E-state index is 12.6. The number of amides is 2. The Morgan fingerprint density at radius 1 is 1.15 bits per heavy atom. The summed E-state index contributed by atoms with van der Waals surface area (Å²) in [5.74, 6) is 1.43. The van der Waals surface area contributed by atoms with E-state index in [2.05, 4.69) is 24.3 Å². The van der Waals surface area contributed by atoms with Crippen molar-refractivity contribution in [3.63, 3.8) is 0 Å². The lowest BCUT2D eigenvalue weighted by Crippen LogP contribution is -2.41. The van der Waals surface area contributed by atoms with Crippen LogP contribution in [0.25, 0.3) is 0 Å². The smallest absolute Gasteiger partial charge is 0.227 e. The molecule has 0 unspecified atom stereocenters. The van der Waals surface area contributed by atoms with Crippen LogP contribution in [0.3, 0.4) is 0 Å². The number of carbonyl (C=O) groups is 2. The highest BCUT2D eigenvalue weighted by Gasteiger charge is 2.25. The van der Waals surface area contributed by atoms with Crippen LogP contribution in [0.4, 0.5) is 5.69 Å². The molecule has 1 aliphatic carbocycles. The molecule has 27 heavy (non-hydrogen) atoms. The number of rotatable bonds is 6. The predicted molar refractivity (Wildman–Crippen MR) is 106 cm³/mol. The van der Waals surface area contributed by atoms with Crippen LogP contribution in [0, 0.1) is 5.92 Å². The Hall–Kier alpha value is -2.08. The molecular weight excluding hydrogens is 342 g/mol. The molecule has 0 saturated heterocycles. The zero-order chi connectivity index (χ0) is 19.2.